The Bertz CT molecular complexity index is 799. The van der Waals surface area contributed by atoms with E-state index in [1.54, 1.807) is 18.5 Å². The molecule has 0 bridgehead atoms. The van der Waals surface area contributed by atoms with Crippen molar-refractivity contribution in [1.82, 2.24) is 19.9 Å². The van der Waals surface area contributed by atoms with Gasteiger partial charge in [0.25, 0.3) is 5.56 Å². The van der Waals surface area contributed by atoms with E-state index in [2.05, 4.69) is 24.8 Å². The summed E-state index contributed by atoms with van der Waals surface area (Å²) in [5.74, 6) is 1.30. The molecule has 0 aromatic carbocycles. The van der Waals surface area contributed by atoms with Crippen LogP contribution >= 0.6 is 0 Å². The maximum atomic E-state index is 12.5. The number of nitrogens with one attached hydrogen (secondary N) is 1. The molecule has 4 heterocycles. The van der Waals surface area contributed by atoms with Crippen molar-refractivity contribution in [3.63, 3.8) is 0 Å². The van der Waals surface area contributed by atoms with Gasteiger partial charge in [-0.25, -0.2) is 15.0 Å². The number of ether oxygens (including phenoxy) is 1. The van der Waals surface area contributed by atoms with Gasteiger partial charge in [0.05, 0.1) is 24.4 Å². The first-order valence-corrected chi connectivity index (χ1v) is 8.64. The molecule has 0 amide bonds. The Hall–Kier alpha value is -2.48. The molecule has 1 saturated heterocycles. The molecule has 0 aliphatic carbocycles. The van der Waals surface area contributed by atoms with Crippen molar-refractivity contribution in [2.75, 3.05) is 29.4 Å². The predicted octanol–water partition coefficient (Wildman–Crippen LogP) is 0.736. The molecule has 2 aromatic rings. The summed E-state index contributed by atoms with van der Waals surface area (Å²) in [6.07, 6.45) is 4.32. The largest absolute Gasteiger partial charge is 0.372 e. The zero-order valence-corrected chi connectivity index (χ0v) is 14.5. The van der Waals surface area contributed by atoms with Gasteiger partial charge in [0.2, 0.25) is 11.9 Å². The van der Waals surface area contributed by atoms with E-state index in [0.29, 0.717) is 31.4 Å². The highest BCUT2D eigenvalue weighted by Crippen LogP contribution is 2.21. The van der Waals surface area contributed by atoms with Crippen molar-refractivity contribution in [3.05, 3.63) is 40.1 Å². The number of hydrogen-bond acceptors (Lipinski definition) is 7. The van der Waals surface area contributed by atoms with E-state index in [9.17, 15) is 4.79 Å². The fourth-order valence-electron chi connectivity index (χ4n) is 3.55. The lowest BCUT2D eigenvalue weighted by molar-refractivity contribution is -0.00575. The topological polar surface area (TPSA) is 87.2 Å². The molecule has 25 heavy (non-hydrogen) atoms. The molecule has 8 heteroatoms. The number of aromatic nitrogens is 4. The zero-order valence-electron chi connectivity index (χ0n) is 14.5. The fraction of sp³-hybridized carbons (Fsp3) is 0.529. The van der Waals surface area contributed by atoms with Crippen LogP contribution in [0, 0.1) is 0 Å². The van der Waals surface area contributed by atoms with Crippen LogP contribution in [-0.2, 0) is 17.7 Å². The van der Waals surface area contributed by atoms with Crippen LogP contribution in [0.1, 0.15) is 25.1 Å². The molecule has 2 unspecified atom stereocenters. The van der Waals surface area contributed by atoms with Crippen LogP contribution in [0.15, 0.2) is 23.3 Å². The number of anilines is 2. The number of fused-ring (bicyclic) bond motifs is 1. The van der Waals surface area contributed by atoms with Gasteiger partial charge in [-0.1, -0.05) is 0 Å². The molecular formula is C17H22N6O2. The molecule has 0 radical (unpaired) electrons. The van der Waals surface area contributed by atoms with Gasteiger partial charge in [0.15, 0.2) is 0 Å². The molecule has 2 atom stereocenters. The van der Waals surface area contributed by atoms with Crippen LogP contribution in [-0.4, -0.2) is 51.8 Å². The summed E-state index contributed by atoms with van der Waals surface area (Å²) in [5, 5.41) is 0. The summed E-state index contributed by atoms with van der Waals surface area (Å²) >= 11 is 0. The Morgan fingerprint density at radius 1 is 1.16 bits per heavy atom. The molecule has 1 N–H and O–H groups in total. The van der Waals surface area contributed by atoms with E-state index < -0.39 is 0 Å². The second-order valence-corrected chi connectivity index (χ2v) is 6.70. The molecule has 1 fully saturated rings. The highest BCUT2D eigenvalue weighted by Gasteiger charge is 2.27. The smallest absolute Gasteiger partial charge is 0.255 e. The normalized spacial score (nSPS) is 23.4. The van der Waals surface area contributed by atoms with Gasteiger partial charge in [0, 0.05) is 37.6 Å². The summed E-state index contributed by atoms with van der Waals surface area (Å²) < 4.78 is 5.77. The second kappa shape index (κ2) is 6.44. The van der Waals surface area contributed by atoms with E-state index in [-0.39, 0.29) is 17.8 Å². The van der Waals surface area contributed by atoms with Gasteiger partial charge in [-0.05, 0) is 26.3 Å². The van der Waals surface area contributed by atoms with Crippen LogP contribution < -0.4 is 15.4 Å². The Morgan fingerprint density at radius 3 is 2.60 bits per heavy atom. The monoisotopic (exact) mass is 342 g/mol. The van der Waals surface area contributed by atoms with E-state index in [0.717, 1.165) is 24.3 Å². The van der Waals surface area contributed by atoms with Crippen molar-refractivity contribution >= 4 is 11.9 Å². The Morgan fingerprint density at radius 2 is 1.88 bits per heavy atom. The lowest BCUT2D eigenvalue weighted by atomic mass is 10.1. The van der Waals surface area contributed by atoms with Crippen LogP contribution in [0.5, 0.6) is 0 Å². The third-order valence-electron chi connectivity index (χ3n) is 4.62. The van der Waals surface area contributed by atoms with E-state index in [4.69, 9.17) is 9.72 Å². The molecule has 8 nitrogen and oxygen atoms in total. The maximum Gasteiger partial charge on any atom is 0.255 e. The Kier molecular flexibility index (Phi) is 4.12. The number of rotatable bonds is 2. The van der Waals surface area contributed by atoms with Gasteiger partial charge in [-0.2, -0.15) is 0 Å². The molecule has 132 valence electrons. The van der Waals surface area contributed by atoms with Crippen molar-refractivity contribution in [2.45, 2.75) is 39.0 Å². The predicted molar refractivity (Wildman–Crippen MR) is 93.9 cm³/mol. The van der Waals surface area contributed by atoms with Gasteiger partial charge < -0.3 is 14.5 Å². The molecule has 2 aromatic heterocycles. The second-order valence-electron chi connectivity index (χ2n) is 6.70. The minimum absolute atomic E-state index is 0.0413. The lowest BCUT2D eigenvalue weighted by Crippen LogP contribution is -2.47. The van der Waals surface area contributed by atoms with Crippen molar-refractivity contribution in [3.8, 4) is 0 Å². The zero-order chi connectivity index (χ0) is 17.4. The number of nitrogens with zero attached hydrogens (tertiary/aromatic N) is 5. The first-order valence-electron chi connectivity index (χ1n) is 8.64. The minimum Gasteiger partial charge on any atom is -0.372 e. The summed E-state index contributed by atoms with van der Waals surface area (Å²) in [6, 6.07) is 1.79. The van der Waals surface area contributed by atoms with Crippen LogP contribution in [0.2, 0.25) is 0 Å². The van der Waals surface area contributed by atoms with Crippen molar-refractivity contribution in [1.29, 1.82) is 0 Å². The summed E-state index contributed by atoms with van der Waals surface area (Å²) in [5.41, 5.74) is 1.54. The minimum atomic E-state index is -0.0413. The van der Waals surface area contributed by atoms with E-state index in [1.165, 1.54) is 0 Å². The quantitative estimate of drug-likeness (QED) is 0.861. The van der Waals surface area contributed by atoms with Crippen molar-refractivity contribution < 1.29 is 4.74 Å². The number of morpholine rings is 1. The van der Waals surface area contributed by atoms with Crippen molar-refractivity contribution in [2.24, 2.45) is 0 Å². The maximum absolute atomic E-state index is 12.5. The van der Waals surface area contributed by atoms with Gasteiger partial charge in [-0.15, -0.1) is 0 Å². The van der Waals surface area contributed by atoms with Gasteiger partial charge in [-0.3, -0.25) is 9.78 Å². The number of aromatic amines is 1. The number of H-pyrrole nitrogens is 1. The lowest BCUT2D eigenvalue weighted by Gasteiger charge is -2.36. The average molecular weight is 342 g/mol. The molecule has 0 spiro atoms. The third kappa shape index (κ3) is 3.21. The molecular weight excluding hydrogens is 320 g/mol. The van der Waals surface area contributed by atoms with Gasteiger partial charge >= 0.3 is 0 Å². The highest BCUT2D eigenvalue weighted by atomic mass is 16.5. The first-order chi connectivity index (χ1) is 12.1. The summed E-state index contributed by atoms with van der Waals surface area (Å²) in [7, 11) is 0. The molecule has 4 rings (SSSR count). The van der Waals surface area contributed by atoms with Crippen LogP contribution in [0.3, 0.4) is 0 Å². The first kappa shape index (κ1) is 16.0. The highest BCUT2D eigenvalue weighted by molar-refractivity contribution is 5.40. The third-order valence-corrected chi connectivity index (χ3v) is 4.62. The van der Waals surface area contributed by atoms with E-state index in [1.807, 2.05) is 13.8 Å². The SMILES string of the molecule is CC1CN(c2nc3c(c(=O)[nH]2)CCN(c2ncccn2)C3)CC(C)O1. The summed E-state index contributed by atoms with van der Waals surface area (Å²) in [6.45, 7) is 6.77. The average Bonchev–Trinajstić information content (AvgIpc) is 2.61. The van der Waals surface area contributed by atoms with E-state index >= 15 is 0 Å². The number of hydrogen-bond donors (Lipinski definition) is 1. The summed E-state index contributed by atoms with van der Waals surface area (Å²) in [4.78, 5) is 33.0. The molecule has 2 aliphatic rings. The van der Waals surface area contributed by atoms with Crippen LogP contribution in [0.25, 0.3) is 0 Å². The Labute approximate surface area is 145 Å². The molecule has 2 aliphatic heterocycles. The van der Waals surface area contributed by atoms with Gasteiger partial charge in [0.1, 0.15) is 0 Å². The standard InChI is InChI=1S/C17H22N6O2/c1-11-8-23(9-12(2)25-11)17-20-14-10-22(16-18-5-3-6-19-16)7-4-13(14)15(24)21-17/h3,5-6,11-12H,4,7-10H2,1-2H3,(H,20,21,24). The molecule has 0 saturated carbocycles. The van der Waals surface area contributed by atoms with Crippen LogP contribution in [0.4, 0.5) is 11.9 Å². The Balaban J connectivity index is 1.63. The fourth-order valence-corrected chi connectivity index (χ4v) is 3.55.